The molecular weight excluding hydrogens is 381 g/mol. The fraction of sp³-hybridized carbons (Fsp3) is 0.125. The van der Waals surface area contributed by atoms with Crippen LogP contribution in [-0.4, -0.2) is 19.3 Å². The average Bonchev–Trinajstić information content (AvgIpc) is 3.16. The molecule has 0 spiro atoms. The molecular formula is C16H18FN3O4S2. The van der Waals surface area contributed by atoms with Crippen LogP contribution in [0.5, 0.6) is 0 Å². The maximum absolute atomic E-state index is 13.7. The highest BCUT2D eigenvalue weighted by molar-refractivity contribution is 7.92. The summed E-state index contributed by atoms with van der Waals surface area (Å²) in [6.45, 7) is 3.08. The summed E-state index contributed by atoms with van der Waals surface area (Å²) < 4.78 is 46.0. The van der Waals surface area contributed by atoms with E-state index in [2.05, 4.69) is 15.0 Å². The van der Waals surface area contributed by atoms with E-state index in [1.807, 2.05) is 0 Å². The average molecular weight is 399 g/mol. The SMILES string of the molecule is CC(=O)Nc1nc(C)c(-c2ccc(S(=O)(=O)Nc3ccccc3F)o2)s1.[HH].[HH]. The van der Waals surface area contributed by atoms with Crippen molar-refractivity contribution in [3.8, 4) is 10.6 Å². The van der Waals surface area contributed by atoms with E-state index < -0.39 is 15.8 Å². The number of rotatable bonds is 5. The highest BCUT2D eigenvalue weighted by Crippen LogP contribution is 2.35. The normalized spacial score (nSPS) is 11.3. The lowest BCUT2D eigenvalue weighted by Gasteiger charge is -2.06. The predicted octanol–water partition coefficient (Wildman–Crippen LogP) is 4.10. The smallest absolute Gasteiger partial charge is 0.295 e. The Morgan fingerprint density at radius 1 is 1.27 bits per heavy atom. The van der Waals surface area contributed by atoms with Gasteiger partial charge in [0.2, 0.25) is 11.0 Å². The molecule has 3 rings (SSSR count). The molecule has 2 aromatic heterocycles. The van der Waals surface area contributed by atoms with Gasteiger partial charge in [0.05, 0.1) is 16.3 Å². The van der Waals surface area contributed by atoms with Gasteiger partial charge in [0.25, 0.3) is 10.0 Å². The van der Waals surface area contributed by atoms with Gasteiger partial charge in [-0.05, 0) is 31.2 Å². The standard InChI is InChI=1S/C16H14FN3O4S2.2H2/c1-9-15(25-16(18-9)19-10(2)21)13-7-8-14(24-13)26(22,23)20-12-6-4-3-5-11(12)17;;/h3-8,20H,1-2H3,(H,18,19,21);2*1H. The van der Waals surface area contributed by atoms with Gasteiger partial charge >= 0.3 is 0 Å². The van der Waals surface area contributed by atoms with Crippen LogP contribution in [0.25, 0.3) is 10.6 Å². The van der Waals surface area contributed by atoms with Gasteiger partial charge < -0.3 is 9.73 Å². The van der Waals surface area contributed by atoms with Crippen LogP contribution in [0.2, 0.25) is 0 Å². The maximum Gasteiger partial charge on any atom is 0.295 e. The Hall–Kier alpha value is -2.72. The van der Waals surface area contributed by atoms with Crippen LogP contribution in [0.1, 0.15) is 15.5 Å². The Balaban J connectivity index is 0.00000196. The number of para-hydroxylation sites is 1. The molecule has 0 aliphatic rings. The van der Waals surface area contributed by atoms with E-state index >= 15 is 0 Å². The quantitative estimate of drug-likeness (QED) is 0.672. The Morgan fingerprint density at radius 3 is 2.69 bits per heavy atom. The molecule has 0 aliphatic carbocycles. The molecule has 0 saturated carbocycles. The molecule has 2 heterocycles. The summed E-state index contributed by atoms with van der Waals surface area (Å²) >= 11 is 1.16. The molecule has 0 aliphatic heterocycles. The minimum Gasteiger partial charge on any atom is -0.442 e. The number of hydrogen-bond donors (Lipinski definition) is 2. The first-order chi connectivity index (χ1) is 12.3. The van der Waals surface area contributed by atoms with E-state index in [-0.39, 0.29) is 25.3 Å². The van der Waals surface area contributed by atoms with Gasteiger partial charge in [0.15, 0.2) is 5.13 Å². The van der Waals surface area contributed by atoms with Crippen LogP contribution in [0.15, 0.2) is 45.9 Å². The number of halogens is 1. The summed E-state index contributed by atoms with van der Waals surface area (Å²) in [6, 6.07) is 8.18. The number of carbonyl (C=O) groups excluding carboxylic acids is 1. The number of thiazole rings is 1. The molecule has 1 aromatic carbocycles. The van der Waals surface area contributed by atoms with E-state index in [1.165, 1.54) is 37.3 Å². The van der Waals surface area contributed by atoms with Crippen LogP contribution in [0, 0.1) is 12.7 Å². The number of nitrogens with zero attached hydrogens (tertiary/aromatic N) is 1. The van der Waals surface area contributed by atoms with E-state index in [4.69, 9.17) is 4.42 Å². The predicted molar refractivity (Wildman–Crippen MR) is 100 cm³/mol. The number of amides is 1. The first-order valence-electron chi connectivity index (χ1n) is 7.39. The number of aromatic nitrogens is 1. The molecule has 0 bridgehead atoms. The summed E-state index contributed by atoms with van der Waals surface area (Å²) in [7, 11) is -4.09. The van der Waals surface area contributed by atoms with Crippen molar-refractivity contribution in [3.63, 3.8) is 0 Å². The van der Waals surface area contributed by atoms with Crippen molar-refractivity contribution in [2.24, 2.45) is 0 Å². The fourth-order valence-electron chi connectivity index (χ4n) is 2.15. The molecule has 3 aromatic rings. The van der Waals surface area contributed by atoms with Crippen LogP contribution in [0.4, 0.5) is 15.2 Å². The number of benzene rings is 1. The number of furan rings is 1. The van der Waals surface area contributed by atoms with Gasteiger partial charge in [-0.1, -0.05) is 23.5 Å². The lowest BCUT2D eigenvalue weighted by Crippen LogP contribution is -2.13. The van der Waals surface area contributed by atoms with E-state index in [0.29, 0.717) is 15.7 Å². The molecule has 7 nitrogen and oxygen atoms in total. The number of hydrogen-bond acceptors (Lipinski definition) is 6. The highest BCUT2D eigenvalue weighted by Gasteiger charge is 2.22. The summed E-state index contributed by atoms with van der Waals surface area (Å²) in [5, 5.41) is 2.59. The van der Waals surface area contributed by atoms with Crippen molar-refractivity contribution in [1.82, 2.24) is 4.98 Å². The minimum atomic E-state index is -4.09. The second kappa shape index (κ2) is 6.89. The van der Waals surface area contributed by atoms with Crippen molar-refractivity contribution in [2.45, 2.75) is 18.9 Å². The molecule has 2 N–H and O–H groups in total. The summed E-state index contributed by atoms with van der Waals surface area (Å²) in [5.41, 5.74) is 0.409. The van der Waals surface area contributed by atoms with Crippen LogP contribution < -0.4 is 10.0 Å². The first-order valence-corrected chi connectivity index (χ1v) is 9.69. The second-order valence-electron chi connectivity index (χ2n) is 5.32. The van der Waals surface area contributed by atoms with Crippen molar-refractivity contribution in [1.29, 1.82) is 0 Å². The van der Waals surface area contributed by atoms with Gasteiger partial charge in [0.1, 0.15) is 11.6 Å². The number of carbonyl (C=O) groups is 1. The van der Waals surface area contributed by atoms with Crippen LogP contribution in [-0.2, 0) is 14.8 Å². The van der Waals surface area contributed by atoms with Crippen molar-refractivity contribution >= 4 is 38.1 Å². The topological polar surface area (TPSA) is 101 Å². The van der Waals surface area contributed by atoms with Gasteiger partial charge in [-0.15, -0.1) is 0 Å². The molecule has 140 valence electrons. The van der Waals surface area contributed by atoms with Gasteiger partial charge in [0, 0.05) is 9.78 Å². The molecule has 0 unspecified atom stereocenters. The molecule has 0 atom stereocenters. The van der Waals surface area contributed by atoms with Crippen molar-refractivity contribution in [2.75, 3.05) is 10.0 Å². The molecule has 10 heteroatoms. The fourth-order valence-corrected chi connectivity index (χ4v) is 4.13. The minimum absolute atomic E-state index is 0. The number of aryl methyl sites for hydroxylation is 1. The van der Waals surface area contributed by atoms with Crippen LogP contribution >= 0.6 is 11.3 Å². The van der Waals surface area contributed by atoms with Gasteiger partial charge in [-0.25, -0.2) is 9.37 Å². The summed E-state index contributed by atoms with van der Waals surface area (Å²) in [6.07, 6.45) is 0. The Morgan fingerprint density at radius 2 is 2.00 bits per heavy atom. The largest absolute Gasteiger partial charge is 0.442 e. The monoisotopic (exact) mass is 399 g/mol. The molecule has 0 radical (unpaired) electrons. The lowest BCUT2D eigenvalue weighted by atomic mass is 10.3. The Kier molecular flexibility index (Phi) is 4.79. The van der Waals surface area contributed by atoms with Gasteiger partial charge in [-0.3, -0.25) is 9.52 Å². The van der Waals surface area contributed by atoms with Gasteiger partial charge in [-0.2, -0.15) is 8.42 Å². The zero-order valence-corrected chi connectivity index (χ0v) is 15.4. The van der Waals surface area contributed by atoms with Crippen LogP contribution in [0.3, 0.4) is 0 Å². The summed E-state index contributed by atoms with van der Waals surface area (Å²) in [5.74, 6) is -0.672. The van der Waals surface area contributed by atoms with Crippen molar-refractivity contribution in [3.05, 3.63) is 47.9 Å². The Bertz CT molecular complexity index is 1080. The zero-order chi connectivity index (χ0) is 18.9. The van der Waals surface area contributed by atoms with E-state index in [1.54, 1.807) is 6.92 Å². The third-order valence-electron chi connectivity index (χ3n) is 3.27. The maximum atomic E-state index is 13.7. The van der Waals surface area contributed by atoms with Crippen molar-refractivity contribution < 1.29 is 24.9 Å². The molecule has 0 saturated heterocycles. The number of sulfonamides is 1. The Labute approximate surface area is 155 Å². The lowest BCUT2D eigenvalue weighted by molar-refractivity contribution is -0.114. The second-order valence-corrected chi connectivity index (χ2v) is 7.93. The number of nitrogens with one attached hydrogen (secondary N) is 2. The number of anilines is 2. The molecule has 0 fully saturated rings. The third kappa shape index (κ3) is 3.75. The van der Waals surface area contributed by atoms with E-state index in [0.717, 1.165) is 17.4 Å². The molecule has 1 amide bonds. The third-order valence-corrected chi connectivity index (χ3v) is 5.59. The first kappa shape index (κ1) is 18.1. The van der Waals surface area contributed by atoms with E-state index in [9.17, 15) is 17.6 Å². The summed E-state index contributed by atoms with van der Waals surface area (Å²) in [4.78, 5) is 15.9. The highest BCUT2D eigenvalue weighted by atomic mass is 32.2. The zero-order valence-electron chi connectivity index (χ0n) is 13.7. The molecule has 26 heavy (non-hydrogen) atoms.